The minimum atomic E-state index is -0.496. The van der Waals surface area contributed by atoms with E-state index in [0.717, 1.165) is 11.1 Å². The fraction of sp³-hybridized carbons (Fsp3) is 0.0417. The van der Waals surface area contributed by atoms with Crippen molar-refractivity contribution in [3.05, 3.63) is 105 Å². The van der Waals surface area contributed by atoms with Crippen molar-refractivity contribution in [1.29, 1.82) is 5.26 Å². The molecule has 0 unspecified atom stereocenters. The Labute approximate surface area is 199 Å². The van der Waals surface area contributed by atoms with Crippen LogP contribution < -0.4 is 9.64 Å². The van der Waals surface area contributed by atoms with E-state index < -0.39 is 4.92 Å². The van der Waals surface area contributed by atoms with Crippen molar-refractivity contribution in [2.75, 3.05) is 4.90 Å². The van der Waals surface area contributed by atoms with Crippen LogP contribution in [0, 0.1) is 21.4 Å². The molecule has 3 aromatic rings. The van der Waals surface area contributed by atoms with E-state index in [1.807, 2.05) is 24.3 Å². The highest BCUT2D eigenvalue weighted by Gasteiger charge is 2.33. The number of thioether (sulfide) groups is 1. The zero-order valence-corrected chi connectivity index (χ0v) is 18.6. The quantitative estimate of drug-likeness (QED) is 0.203. The van der Waals surface area contributed by atoms with Crippen LogP contribution in [0.2, 0.25) is 0 Å². The normalized spacial score (nSPS) is 14.4. The highest BCUT2D eigenvalue weighted by molar-refractivity contribution is 8.27. The summed E-state index contributed by atoms with van der Waals surface area (Å²) in [6.07, 6.45) is 1.74. The Morgan fingerprint density at radius 1 is 1.09 bits per heavy atom. The first kappa shape index (κ1) is 22.2. The summed E-state index contributed by atoms with van der Waals surface area (Å²) < 4.78 is 6.14. The predicted molar refractivity (Wildman–Crippen MR) is 131 cm³/mol. The summed E-state index contributed by atoms with van der Waals surface area (Å²) in [5, 5.41) is 20.0. The van der Waals surface area contributed by atoms with Gasteiger partial charge in [0, 0.05) is 17.7 Å². The molecule has 1 fully saturated rings. The number of nitriles is 1. The molecule has 1 aliphatic heterocycles. The molecule has 0 saturated carbocycles. The molecule has 33 heavy (non-hydrogen) atoms. The van der Waals surface area contributed by atoms with E-state index in [9.17, 15) is 20.2 Å². The molecule has 0 aromatic heterocycles. The van der Waals surface area contributed by atoms with Gasteiger partial charge in [-0.25, -0.2) is 0 Å². The van der Waals surface area contributed by atoms with E-state index in [1.165, 1.54) is 40.9 Å². The van der Waals surface area contributed by atoms with Gasteiger partial charge >= 0.3 is 0 Å². The second-order valence-corrected chi connectivity index (χ2v) is 8.59. The van der Waals surface area contributed by atoms with Crippen molar-refractivity contribution < 1.29 is 14.5 Å². The SMILES string of the molecule is N#Cc1ccccc1COc1ccc(/C=C2/SC(=S)N(c3ccc([N+](=O)[O-])cc3)C2=O)cc1. The molecule has 0 aliphatic carbocycles. The smallest absolute Gasteiger partial charge is 0.270 e. The second-order valence-electron chi connectivity index (χ2n) is 6.92. The van der Waals surface area contributed by atoms with Gasteiger partial charge in [0.05, 0.1) is 27.1 Å². The zero-order valence-electron chi connectivity index (χ0n) is 17.0. The summed E-state index contributed by atoms with van der Waals surface area (Å²) in [7, 11) is 0. The van der Waals surface area contributed by atoms with Crippen LogP contribution in [-0.2, 0) is 11.4 Å². The minimum Gasteiger partial charge on any atom is -0.489 e. The summed E-state index contributed by atoms with van der Waals surface area (Å²) in [4.78, 5) is 25.1. The first-order valence-electron chi connectivity index (χ1n) is 9.69. The van der Waals surface area contributed by atoms with Gasteiger partial charge in [0.2, 0.25) is 0 Å². The number of nitro groups is 1. The van der Waals surface area contributed by atoms with Crippen molar-refractivity contribution >= 4 is 51.7 Å². The Morgan fingerprint density at radius 3 is 2.45 bits per heavy atom. The van der Waals surface area contributed by atoms with Crippen LogP contribution in [0.1, 0.15) is 16.7 Å². The molecule has 1 aliphatic rings. The van der Waals surface area contributed by atoms with E-state index in [1.54, 1.807) is 30.3 Å². The molecule has 9 heteroatoms. The minimum absolute atomic E-state index is 0.0573. The number of carbonyl (C=O) groups excluding carboxylic acids is 1. The van der Waals surface area contributed by atoms with Crippen molar-refractivity contribution in [3.63, 3.8) is 0 Å². The van der Waals surface area contributed by atoms with Gasteiger partial charge in [-0.05, 0) is 42.0 Å². The van der Waals surface area contributed by atoms with Gasteiger partial charge in [0.25, 0.3) is 11.6 Å². The molecular weight excluding hydrogens is 458 g/mol. The van der Waals surface area contributed by atoms with Crippen LogP contribution in [0.5, 0.6) is 5.75 Å². The molecular formula is C24H15N3O4S2. The topological polar surface area (TPSA) is 96.5 Å². The Kier molecular flexibility index (Phi) is 6.49. The van der Waals surface area contributed by atoms with Crippen molar-refractivity contribution in [2.24, 2.45) is 0 Å². The molecule has 162 valence electrons. The van der Waals surface area contributed by atoms with Crippen LogP contribution >= 0.6 is 24.0 Å². The monoisotopic (exact) mass is 473 g/mol. The predicted octanol–water partition coefficient (Wildman–Crippen LogP) is 5.45. The van der Waals surface area contributed by atoms with Gasteiger partial charge in [0.1, 0.15) is 12.4 Å². The standard InChI is InChI=1S/C24H15N3O4S2/c25-14-17-3-1-2-4-18(17)15-31-21-11-5-16(6-12-21)13-22-23(28)26(24(32)33-22)19-7-9-20(10-8-19)27(29)30/h1-13H,15H2/b22-13+. The molecule has 4 rings (SSSR count). The molecule has 0 bridgehead atoms. The Morgan fingerprint density at radius 2 is 1.79 bits per heavy atom. The van der Waals surface area contributed by atoms with Crippen LogP contribution in [0.15, 0.2) is 77.7 Å². The summed E-state index contributed by atoms with van der Waals surface area (Å²) >= 11 is 6.52. The second kappa shape index (κ2) is 9.65. The summed E-state index contributed by atoms with van der Waals surface area (Å²) in [6, 6.07) is 22.3. The Hall–Kier alpha value is -4.00. The van der Waals surface area contributed by atoms with E-state index >= 15 is 0 Å². The number of anilines is 1. The average Bonchev–Trinajstić information content (AvgIpc) is 3.11. The van der Waals surface area contributed by atoms with Crippen LogP contribution in [-0.4, -0.2) is 15.2 Å². The van der Waals surface area contributed by atoms with Crippen molar-refractivity contribution in [2.45, 2.75) is 6.61 Å². The highest BCUT2D eigenvalue weighted by Crippen LogP contribution is 2.36. The number of thiocarbonyl (C=S) groups is 1. The van der Waals surface area contributed by atoms with Crippen molar-refractivity contribution in [1.82, 2.24) is 0 Å². The molecule has 3 aromatic carbocycles. The third kappa shape index (κ3) is 4.92. The molecule has 1 heterocycles. The average molecular weight is 474 g/mol. The highest BCUT2D eigenvalue weighted by atomic mass is 32.2. The van der Waals surface area contributed by atoms with Gasteiger partial charge in [-0.3, -0.25) is 19.8 Å². The molecule has 0 atom stereocenters. The number of hydrogen-bond donors (Lipinski definition) is 0. The van der Waals surface area contributed by atoms with E-state index in [2.05, 4.69) is 6.07 Å². The molecule has 1 amide bonds. The third-order valence-corrected chi connectivity index (χ3v) is 6.12. The molecule has 1 saturated heterocycles. The summed E-state index contributed by atoms with van der Waals surface area (Å²) in [6.45, 7) is 0.275. The number of carbonyl (C=O) groups is 1. The van der Waals surface area contributed by atoms with E-state index in [0.29, 0.717) is 26.2 Å². The lowest BCUT2D eigenvalue weighted by atomic mass is 10.1. The van der Waals surface area contributed by atoms with Crippen LogP contribution in [0.3, 0.4) is 0 Å². The van der Waals surface area contributed by atoms with Gasteiger partial charge in [-0.2, -0.15) is 5.26 Å². The number of amides is 1. The fourth-order valence-corrected chi connectivity index (χ4v) is 4.44. The van der Waals surface area contributed by atoms with E-state index in [4.69, 9.17) is 17.0 Å². The number of hydrogen-bond acceptors (Lipinski definition) is 7. The number of benzene rings is 3. The van der Waals surface area contributed by atoms with Gasteiger partial charge in [-0.15, -0.1) is 0 Å². The molecule has 7 nitrogen and oxygen atoms in total. The molecule has 0 N–H and O–H groups in total. The fourth-order valence-electron chi connectivity index (χ4n) is 3.14. The van der Waals surface area contributed by atoms with Crippen LogP contribution in [0.4, 0.5) is 11.4 Å². The lowest BCUT2D eigenvalue weighted by Crippen LogP contribution is -2.27. The summed E-state index contributed by atoms with van der Waals surface area (Å²) in [5.41, 5.74) is 2.60. The molecule has 0 spiro atoms. The number of nitro benzene ring substituents is 1. The molecule has 0 radical (unpaired) electrons. The number of nitrogens with zero attached hydrogens (tertiary/aromatic N) is 3. The maximum Gasteiger partial charge on any atom is 0.270 e. The van der Waals surface area contributed by atoms with Crippen molar-refractivity contribution in [3.8, 4) is 11.8 Å². The van der Waals surface area contributed by atoms with Gasteiger partial charge in [0.15, 0.2) is 4.32 Å². The first-order chi connectivity index (χ1) is 16.0. The Balaban J connectivity index is 1.45. The lowest BCUT2D eigenvalue weighted by Gasteiger charge is -2.13. The van der Waals surface area contributed by atoms with Gasteiger partial charge in [-0.1, -0.05) is 54.3 Å². The van der Waals surface area contributed by atoms with Crippen LogP contribution in [0.25, 0.3) is 6.08 Å². The van der Waals surface area contributed by atoms with E-state index in [-0.39, 0.29) is 18.2 Å². The first-order valence-corrected chi connectivity index (χ1v) is 10.9. The zero-order chi connectivity index (χ0) is 23.4. The largest absolute Gasteiger partial charge is 0.489 e. The number of non-ortho nitro benzene ring substituents is 1. The summed E-state index contributed by atoms with van der Waals surface area (Å²) in [5.74, 6) is 0.352. The maximum absolute atomic E-state index is 12.9. The third-order valence-electron chi connectivity index (χ3n) is 4.82. The number of ether oxygens (including phenoxy) is 1. The Bertz CT molecular complexity index is 1310. The maximum atomic E-state index is 12.9. The van der Waals surface area contributed by atoms with Gasteiger partial charge < -0.3 is 4.74 Å². The number of rotatable bonds is 6. The lowest BCUT2D eigenvalue weighted by molar-refractivity contribution is -0.384.